The smallest absolute Gasteiger partial charge is 0.211 e. The zero-order valence-corrected chi connectivity index (χ0v) is 24.8. The van der Waals surface area contributed by atoms with E-state index >= 15 is 0 Å². The lowest BCUT2D eigenvalue weighted by Crippen LogP contribution is -2.40. The minimum absolute atomic E-state index is 0.294. The Morgan fingerprint density at radius 3 is 1.02 bits per heavy atom. The Hall–Kier alpha value is -5.86. The number of carbonyl (C=O) groups is 2. The molecule has 214 valence electrons. The van der Waals surface area contributed by atoms with Crippen LogP contribution in [0.1, 0.15) is 34.1 Å². The van der Waals surface area contributed by atoms with E-state index in [4.69, 9.17) is 0 Å². The average Bonchev–Trinajstić information content (AvgIpc) is 3.10. The van der Waals surface area contributed by atoms with Crippen molar-refractivity contribution in [3.05, 3.63) is 168 Å². The average molecular weight is 587 g/mol. The molecular weight excluding hydrogens is 560 g/mol. The van der Waals surface area contributed by atoms with Gasteiger partial charge in [0.25, 0.3) is 0 Å². The van der Waals surface area contributed by atoms with Gasteiger partial charge in [0.05, 0.1) is 11.8 Å². The third-order valence-electron chi connectivity index (χ3n) is 10.3. The molecule has 0 aliphatic heterocycles. The van der Waals surface area contributed by atoms with Gasteiger partial charge in [-0.1, -0.05) is 97.1 Å². The summed E-state index contributed by atoms with van der Waals surface area (Å²) in [6.07, 6.45) is 0. The van der Waals surface area contributed by atoms with Crippen molar-refractivity contribution in [2.45, 2.75) is 11.8 Å². The summed E-state index contributed by atoms with van der Waals surface area (Å²) in [7, 11) is 0. The summed E-state index contributed by atoms with van der Waals surface area (Å²) in [6, 6.07) is 51.5. The molecule has 0 N–H and O–H groups in total. The van der Waals surface area contributed by atoms with Crippen LogP contribution in [-0.4, -0.2) is 11.6 Å². The van der Waals surface area contributed by atoms with Gasteiger partial charge in [0, 0.05) is 0 Å². The molecule has 3 aliphatic carbocycles. The summed E-state index contributed by atoms with van der Waals surface area (Å²) in [5.41, 5.74) is 8.16. The van der Waals surface area contributed by atoms with E-state index in [9.17, 15) is 9.59 Å². The molecule has 0 saturated carbocycles. The van der Waals surface area contributed by atoms with Gasteiger partial charge in [-0.3, -0.25) is 9.59 Å². The molecule has 0 aromatic heterocycles. The van der Waals surface area contributed by atoms with E-state index in [2.05, 4.69) is 146 Å². The second-order valence-corrected chi connectivity index (χ2v) is 12.8. The lowest BCUT2D eigenvalue weighted by molar-refractivity contribution is -0.138. The number of rotatable bonds is 2. The van der Waals surface area contributed by atoms with Crippen molar-refractivity contribution in [2.75, 3.05) is 0 Å². The molecule has 2 heteroatoms. The maximum Gasteiger partial charge on any atom is 0.211 e. The van der Waals surface area contributed by atoms with E-state index in [0.717, 1.165) is 44.5 Å². The van der Waals surface area contributed by atoms with Gasteiger partial charge in [-0.05, 0) is 136 Å². The van der Waals surface area contributed by atoms with Crippen LogP contribution in [0.4, 0.5) is 0 Å². The number of hydrogen-bond donors (Lipinski definition) is 0. The number of ketones is 2. The zero-order chi connectivity index (χ0) is 30.5. The Labute approximate surface area is 265 Å². The Morgan fingerprint density at radius 2 is 0.609 bits per heavy atom. The minimum Gasteiger partial charge on any atom is -0.290 e. The maximum atomic E-state index is 13.5. The Kier molecular flexibility index (Phi) is 5.16. The largest absolute Gasteiger partial charge is 0.290 e. The quantitative estimate of drug-likeness (QED) is 0.149. The summed E-state index contributed by atoms with van der Waals surface area (Å²) in [4.78, 5) is 27.0. The Balaban J connectivity index is 1.06. The summed E-state index contributed by atoms with van der Waals surface area (Å²) < 4.78 is 0. The topological polar surface area (TPSA) is 34.1 Å². The van der Waals surface area contributed by atoms with E-state index in [1.54, 1.807) is 0 Å². The summed E-state index contributed by atoms with van der Waals surface area (Å²) in [5.74, 6) is -1.72. The molecule has 0 heterocycles. The van der Waals surface area contributed by atoms with E-state index < -0.39 is 11.8 Å². The van der Waals surface area contributed by atoms with Crippen LogP contribution in [0.2, 0.25) is 0 Å². The fourth-order valence-corrected chi connectivity index (χ4v) is 7.96. The molecule has 11 rings (SSSR count). The highest BCUT2D eigenvalue weighted by atomic mass is 16.2. The second kappa shape index (κ2) is 9.32. The van der Waals surface area contributed by atoms with Crippen LogP contribution in [0, 0.1) is 0 Å². The molecule has 46 heavy (non-hydrogen) atoms. The van der Waals surface area contributed by atoms with Crippen LogP contribution in [0.15, 0.2) is 146 Å². The van der Waals surface area contributed by atoms with Crippen molar-refractivity contribution in [3.63, 3.8) is 0 Å². The molecule has 2 atom stereocenters. The fraction of sp³-hybridized carbons (Fsp3) is 0.0455. The molecule has 3 aliphatic rings. The van der Waals surface area contributed by atoms with Gasteiger partial charge in [0.15, 0.2) is 0 Å². The molecular formula is C44H26O2. The predicted molar refractivity (Wildman–Crippen MR) is 187 cm³/mol. The van der Waals surface area contributed by atoms with Gasteiger partial charge in [-0.25, -0.2) is 0 Å². The zero-order valence-electron chi connectivity index (χ0n) is 24.8. The standard InChI is InChI=1S/C44H26O2/c45-43-41-38-16-14-34(30-10-12-32-18-26-6-2-4-8-28(26)20-36(32)22-30)24-40(38)42(44(43)46)37-15-13-33(23-39(37)41)29-9-11-31-17-25-5-1-3-7-27(25)19-35(31)21-29/h1-24,41-42H. The lowest BCUT2D eigenvalue weighted by Gasteiger charge is -2.38. The molecule has 0 spiro atoms. The number of benzene rings is 8. The summed E-state index contributed by atoms with van der Waals surface area (Å²) in [5, 5.41) is 9.65. The third-order valence-corrected chi connectivity index (χ3v) is 10.3. The van der Waals surface area contributed by atoms with E-state index in [1.165, 1.54) is 43.1 Å². The van der Waals surface area contributed by atoms with Crippen molar-refractivity contribution < 1.29 is 9.59 Å². The molecule has 2 nitrogen and oxygen atoms in total. The molecule has 0 radical (unpaired) electrons. The lowest BCUT2D eigenvalue weighted by atomic mass is 9.62. The number of Topliss-reactive ketones (excluding diaryl/α,β-unsaturated/α-hetero) is 2. The monoisotopic (exact) mass is 586 g/mol. The van der Waals surface area contributed by atoms with Crippen LogP contribution in [0.3, 0.4) is 0 Å². The second-order valence-electron chi connectivity index (χ2n) is 12.8. The van der Waals surface area contributed by atoms with Gasteiger partial charge in [0.2, 0.25) is 11.6 Å². The van der Waals surface area contributed by atoms with Crippen molar-refractivity contribution in [1.82, 2.24) is 0 Å². The van der Waals surface area contributed by atoms with Gasteiger partial charge >= 0.3 is 0 Å². The first-order valence-corrected chi connectivity index (χ1v) is 15.8. The van der Waals surface area contributed by atoms with E-state index in [1.807, 2.05) is 0 Å². The fourth-order valence-electron chi connectivity index (χ4n) is 7.96. The normalized spacial score (nSPS) is 16.8. The first-order valence-electron chi connectivity index (χ1n) is 15.8. The highest BCUT2D eigenvalue weighted by molar-refractivity contribution is 6.45. The molecule has 8 aromatic carbocycles. The van der Waals surface area contributed by atoms with Crippen LogP contribution in [0.5, 0.6) is 0 Å². The first kappa shape index (κ1) is 25.5. The SMILES string of the molecule is O=C1C(=O)C2c3ccc(-c4ccc5cc6ccccc6cc5c4)cc3C1c1ccc(-c3ccc4cc5ccccc5cc4c3)cc12. The van der Waals surface area contributed by atoms with Gasteiger partial charge < -0.3 is 0 Å². The van der Waals surface area contributed by atoms with Gasteiger partial charge in [-0.15, -0.1) is 0 Å². The Bertz CT molecular complexity index is 2460. The molecule has 0 amide bonds. The Morgan fingerprint density at radius 1 is 0.283 bits per heavy atom. The molecule has 0 fully saturated rings. The molecule has 2 bridgehead atoms. The number of fused-ring (bicyclic) bond motifs is 5. The third kappa shape index (κ3) is 3.64. The van der Waals surface area contributed by atoms with E-state index in [-0.39, 0.29) is 11.6 Å². The molecule has 8 aromatic rings. The molecule has 2 unspecified atom stereocenters. The minimum atomic E-state index is -0.566. The van der Waals surface area contributed by atoms with Crippen LogP contribution >= 0.6 is 0 Å². The van der Waals surface area contributed by atoms with Gasteiger partial charge in [-0.2, -0.15) is 0 Å². The van der Waals surface area contributed by atoms with Crippen molar-refractivity contribution >= 4 is 54.7 Å². The highest BCUT2D eigenvalue weighted by Crippen LogP contribution is 2.51. The molecule has 0 saturated heterocycles. The van der Waals surface area contributed by atoms with Crippen molar-refractivity contribution in [3.8, 4) is 22.3 Å². The van der Waals surface area contributed by atoms with Crippen LogP contribution in [0.25, 0.3) is 65.3 Å². The first-order chi connectivity index (χ1) is 22.6. The van der Waals surface area contributed by atoms with E-state index in [0.29, 0.717) is 0 Å². The van der Waals surface area contributed by atoms with Crippen molar-refractivity contribution in [2.24, 2.45) is 0 Å². The maximum absolute atomic E-state index is 13.5. The number of carbonyl (C=O) groups excluding carboxylic acids is 2. The predicted octanol–water partition coefficient (Wildman–Crippen LogP) is 10.4. The van der Waals surface area contributed by atoms with Crippen LogP contribution < -0.4 is 0 Å². The van der Waals surface area contributed by atoms with Crippen LogP contribution in [-0.2, 0) is 9.59 Å². The highest BCUT2D eigenvalue weighted by Gasteiger charge is 2.48. The van der Waals surface area contributed by atoms with Gasteiger partial charge in [0.1, 0.15) is 0 Å². The summed E-state index contributed by atoms with van der Waals surface area (Å²) in [6.45, 7) is 0. The van der Waals surface area contributed by atoms with Crippen molar-refractivity contribution in [1.29, 1.82) is 0 Å². The summed E-state index contributed by atoms with van der Waals surface area (Å²) >= 11 is 0. The number of hydrogen-bond acceptors (Lipinski definition) is 2.